The zero-order chi connectivity index (χ0) is 24.9. The quantitative estimate of drug-likeness (QED) is 0.445. The van der Waals surface area contributed by atoms with Gasteiger partial charge < -0.3 is 9.64 Å². The number of esters is 1. The van der Waals surface area contributed by atoms with Crippen LogP contribution < -0.4 is 4.90 Å². The van der Waals surface area contributed by atoms with E-state index >= 15 is 0 Å². The molecule has 1 spiro atoms. The number of amides is 3. The Morgan fingerprint density at radius 2 is 1.79 bits per heavy atom. The normalized spacial score (nSPS) is 17.4. The second-order valence-corrected chi connectivity index (χ2v) is 9.69. The summed E-state index contributed by atoms with van der Waals surface area (Å²) in [5, 5.41) is 0. The standard InChI is InChI=1S/C21H18F3N3O6S/c1-2-33-17(28)16-11-13(7-10-25-16)12-26-19(30)27(18(29)20(26)8-9-20)14-3-5-15(6-4-14)34(31,32)21(22,23)24/h3-7,10-11H,2,8-9,12H2,1H3. The van der Waals surface area contributed by atoms with Crippen LogP contribution in [-0.2, 0) is 25.9 Å². The molecule has 1 aliphatic heterocycles. The van der Waals surface area contributed by atoms with Crippen molar-refractivity contribution in [3.8, 4) is 0 Å². The summed E-state index contributed by atoms with van der Waals surface area (Å²) < 4.78 is 66.4. The van der Waals surface area contributed by atoms with E-state index in [9.17, 15) is 36.0 Å². The number of ether oxygens (including phenoxy) is 1. The van der Waals surface area contributed by atoms with Gasteiger partial charge in [0.25, 0.3) is 15.7 Å². The molecular formula is C21H18F3N3O6S. The van der Waals surface area contributed by atoms with Crippen LogP contribution >= 0.6 is 0 Å². The van der Waals surface area contributed by atoms with Crippen molar-refractivity contribution >= 4 is 33.4 Å². The molecule has 13 heteroatoms. The molecule has 180 valence electrons. The summed E-state index contributed by atoms with van der Waals surface area (Å²) in [7, 11) is -5.56. The molecule has 1 saturated carbocycles. The molecule has 0 unspecified atom stereocenters. The summed E-state index contributed by atoms with van der Waals surface area (Å²) in [6, 6.07) is 5.70. The van der Waals surface area contributed by atoms with Crippen molar-refractivity contribution in [1.29, 1.82) is 0 Å². The van der Waals surface area contributed by atoms with Gasteiger partial charge >= 0.3 is 17.5 Å². The van der Waals surface area contributed by atoms with Gasteiger partial charge in [-0.25, -0.2) is 27.9 Å². The van der Waals surface area contributed by atoms with E-state index in [0.29, 0.717) is 30.5 Å². The largest absolute Gasteiger partial charge is 0.501 e. The molecule has 0 radical (unpaired) electrons. The van der Waals surface area contributed by atoms with Crippen LogP contribution in [0.15, 0.2) is 47.5 Å². The van der Waals surface area contributed by atoms with Crippen molar-refractivity contribution in [2.45, 2.75) is 42.3 Å². The lowest BCUT2D eigenvalue weighted by Crippen LogP contribution is -2.36. The van der Waals surface area contributed by atoms with Gasteiger partial charge in [-0.15, -0.1) is 0 Å². The van der Waals surface area contributed by atoms with Gasteiger partial charge in [-0.05, 0) is 61.7 Å². The molecule has 1 saturated heterocycles. The number of imide groups is 1. The van der Waals surface area contributed by atoms with Gasteiger partial charge in [0, 0.05) is 12.7 Å². The number of carbonyl (C=O) groups is 3. The molecular weight excluding hydrogens is 479 g/mol. The Labute approximate surface area is 192 Å². The van der Waals surface area contributed by atoms with Gasteiger partial charge in [-0.2, -0.15) is 13.2 Å². The first-order valence-corrected chi connectivity index (χ1v) is 11.6. The maximum atomic E-state index is 13.2. The Hall–Kier alpha value is -3.48. The van der Waals surface area contributed by atoms with Gasteiger partial charge in [0.15, 0.2) is 0 Å². The van der Waals surface area contributed by atoms with Gasteiger partial charge in [-0.3, -0.25) is 4.79 Å². The van der Waals surface area contributed by atoms with Crippen LogP contribution in [-0.4, -0.2) is 53.9 Å². The number of hydrogen-bond donors (Lipinski definition) is 0. The molecule has 4 rings (SSSR count). The molecule has 3 amide bonds. The third kappa shape index (κ3) is 3.79. The minimum Gasteiger partial charge on any atom is -0.461 e. The molecule has 1 aliphatic carbocycles. The SMILES string of the molecule is CCOC(=O)c1cc(CN2C(=O)N(c3ccc(S(=O)(=O)C(F)(F)F)cc3)C(=O)C23CC3)ccn1. The van der Waals surface area contributed by atoms with Crippen molar-refractivity contribution in [3.05, 3.63) is 53.9 Å². The van der Waals surface area contributed by atoms with Crippen LogP contribution in [0.3, 0.4) is 0 Å². The highest BCUT2D eigenvalue weighted by Crippen LogP contribution is 2.49. The summed E-state index contributed by atoms with van der Waals surface area (Å²) in [5.74, 6) is -1.19. The highest BCUT2D eigenvalue weighted by atomic mass is 32.2. The minimum atomic E-state index is -5.56. The minimum absolute atomic E-state index is 0.0173. The van der Waals surface area contributed by atoms with Crippen molar-refractivity contribution in [3.63, 3.8) is 0 Å². The predicted octanol–water partition coefficient (Wildman–Crippen LogP) is 3.05. The Balaban J connectivity index is 1.60. The second kappa shape index (κ2) is 8.08. The van der Waals surface area contributed by atoms with Crippen LogP contribution in [0, 0.1) is 0 Å². The molecule has 2 aromatic rings. The number of sulfone groups is 1. The number of hydrogen-bond acceptors (Lipinski definition) is 7. The lowest BCUT2D eigenvalue weighted by molar-refractivity contribution is -0.120. The third-order valence-corrected chi connectivity index (χ3v) is 7.13. The molecule has 0 atom stereocenters. The van der Waals surface area contributed by atoms with Crippen LogP contribution in [0.2, 0.25) is 0 Å². The number of aromatic nitrogens is 1. The number of rotatable bonds is 6. The summed E-state index contributed by atoms with van der Waals surface area (Å²) >= 11 is 0. The fraction of sp³-hybridized carbons (Fsp3) is 0.333. The number of urea groups is 1. The Morgan fingerprint density at radius 1 is 1.15 bits per heavy atom. The van der Waals surface area contributed by atoms with Gasteiger partial charge in [0.05, 0.1) is 17.2 Å². The summed E-state index contributed by atoms with van der Waals surface area (Å²) in [6.07, 6.45) is 2.16. The molecule has 2 aliphatic rings. The van der Waals surface area contributed by atoms with E-state index in [4.69, 9.17) is 4.74 Å². The fourth-order valence-electron chi connectivity index (χ4n) is 3.74. The summed E-state index contributed by atoms with van der Waals surface area (Å²) in [4.78, 5) is 43.3. The molecule has 2 heterocycles. The van der Waals surface area contributed by atoms with Crippen LogP contribution in [0.1, 0.15) is 35.8 Å². The molecule has 1 aromatic carbocycles. The second-order valence-electron chi connectivity index (χ2n) is 7.75. The monoisotopic (exact) mass is 497 g/mol. The van der Waals surface area contributed by atoms with Crippen LogP contribution in [0.5, 0.6) is 0 Å². The Bertz CT molecular complexity index is 1270. The van der Waals surface area contributed by atoms with Crippen molar-refractivity contribution in [1.82, 2.24) is 9.88 Å². The van der Waals surface area contributed by atoms with Crippen molar-refractivity contribution in [2.75, 3.05) is 11.5 Å². The lowest BCUT2D eigenvalue weighted by atomic mass is 10.1. The Kier molecular flexibility index (Phi) is 5.62. The number of halogens is 3. The average Bonchev–Trinajstić information content (AvgIpc) is 3.56. The first-order chi connectivity index (χ1) is 15.9. The van der Waals surface area contributed by atoms with E-state index in [1.165, 1.54) is 17.2 Å². The third-order valence-electron chi connectivity index (χ3n) is 5.62. The number of nitrogens with zero attached hydrogens (tertiary/aromatic N) is 3. The van der Waals surface area contributed by atoms with Crippen LogP contribution in [0.4, 0.5) is 23.7 Å². The molecule has 34 heavy (non-hydrogen) atoms. The zero-order valence-corrected chi connectivity index (χ0v) is 18.5. The van der Waals surface area contributed by atoms with Gasteiger partial charge in [-0.1, -0.05) is 0 Å². The van der Waals surface area contributed by atoms with Gasteiger partial charge in [0.1, 0.15) is 11.2 Å². The van der Waals surface area contributed by atoms with Gasteiger partial charge in [0.2, 0.25) is 0 Å². The molecule has 0 bridgehead atoms. The molecule has 1 aromatic heterocycles. The highest BCUT2D eigenvalue weighted by Gasteiger charge is 2.65. The summed E-state index contributed by atoms with van der Waals surface area (Å²) in [6.45, 7) is 1.79. The van der Waals surface area contributed by atoms with E-state index in [2.05, 4.69) is 4.98 Å². The maximum absolute atomic E-state index is 13.2. The molecule has 9 nitrogen and oxygen atoms in total. The summed E-state index contributed by atoms with van der Waals surface area (Å²) in [5.41, 5.74) is -6.05. The average molecular weight is 497 g/mol. The molecule has 0 N–H and O–H groups in total. The van der Waals surface area contributed by atoms with E-state index in [1.807, 2.05) is 0 Å². The zero-order valence-electron chi connectivity index (χ0n) is 17.7. The fourth-order valence-corrected chi connectivity index (χ4v) is 4.50. The van der Waals surface area contributed by atoms with E-state index in [-0.39, 0.29) is 24.5 Å². The topological polar surface area (TPSA) is 114 Å². The first kappa shape index (κ1) is 23.7. The van der Waals surface area contributed by atoms with E-state index < -0.39 is 43.7 Å². The number of anilines is 1. The van der Waals surface area contributed by atoms with Crippen molar-refractivity contribution < 1.29 is 40.7 Å². The smallest absolute Gasteiger partial charge is 0.461 e. The van der Waals surface area contributed by atoms with Crippen molar-refractivity contribution in [2.24, 2.45) is 0 Å². The first-order valence-electron chi connectivity index (χ1n) is 10.1. The number of pyridine rings is 1. The van der Waals surface area contributed by atoms with E-state index in [0.717, 1.165) is 17.0 Å². The molecule has 2 fully saturated rings. The highest BCUT2D eigenvalue weighted by molar-refractivity contribution is 7.92. The number of benzene rings is 1. The predicted molar refractivity (Wildman–Crippen MR) is 110 cm³/mol. The van der Waals surface area contributed by atoms with Crippen LogP contribution in [0.25, 0.3) is 0 Å². The Morgan fingerprint density at radius 3 is 2.35 bits per heavy atom. The lowest BCUT2D eigenvalue weighted by Gasteiger charge is -2.21. The number of alkyl halides is 3. The van der Waals surface area contributed by atoms with E-state index in [1.54, 1.807) is 13.0 Å². The maximum Gasteiger partial charge on any atom is 0.501 e. The number of carbonyl (C=O) groups excluding carboxylic acids is 3.